The van der Waals surface area contributed by atoms with Crippen LogP contribution in [-0.4, -0.2) is 33.9 Å². The Kier molecular flexibility index (Phi) is 5.82. The van der Waals surface area contributed by atoms with E-state index >= 15 is 0 Å². The summed E-state index contributed by atoms with van der Waals surface area (Å²) in [4.78, 5) is 3.11. The summed E-state index contributed by atoms with van der Waals surface area (Å²) in [7, 11) is 0. The third-order valence-electron chi connectivity index (χ3n) is 5.86. The smallest absolute Gasteiger partial charge is 0.125 e. The number of aromatic nitrogens is 2. The molecule has 5 aromatic rings. The van der Waals surface area contributed by atoms with Crippen molar-refractivity contribution >= 4 is 55.9 Å². The summed E-state index contributed by atoms with van der Waals surface area (Å²) in [5.41, 5.74) is 3.94. The van der Waals surface area contributed by atoms with Gasteiger partial charge in [-0.3, -0.25) is 0 Å². The van der Waals surface area contributed by atoms with Crippen LogP contribution in [0, 0.1) is 5.82 Å². The molecule has 0 aliphatic heterocycles. The van der Waals surface area contributed by atoms with Gasteiger partial charge in [0.2, 0.25) is 0 Å². The van der Waals surface area contributed by atoms with E-state index in [1.54, 1.807) is 6.07 Å². The van der Waals surface area contributed by atoms with Gasteiger partial charge in [0.25, 0.3) is 0 Å². The van der Waals surface area contributed by atoms with Gasteiger partial charge in [-0.2, -0.15) is 0 Å². The van der Waals surface area contributed by atoms with E-state index in [1.807, 2.05) is 42.6 Å². The van der Waals surface area contributed by atoms with Crippen LogP contribution >= 0.6 is 23.2 Å². The lowest BCUT2D eigenvalue weighted by molar-refractivity contribution is 0.154. The van der Waals surface area contributed by atoms with Gasteiger partial charge in [0.1, 0.15) is 5.82 Å². The number of halogens is 3. The van der Waals surface area contributed by atoms with Gasteiger partial charge in [-0.15, -0.1) is 0 Å². The van der Waals surface area contributed by atoms with E-state index < -0.39 is 6.10 Å². The van der Waals surface area contributed by atoms with Crippen LogP contribution in [0.3, 0.4) is 0 Å². The Balaban J connectivity index is 1.27. The quantitative estimate of drug-likeness (QED) is 0.259. The maximum atomic E-state index is 13.4. The van der Waals surface area contributed by atoms with Gasteiger partial charge in [0, 0.05) is 55.5 Å². The number of hydrogen-bond donors (Lipinski definition) is 3. The molecule has 164 valence electrons. The zero-order valence-electron chi connectivity index (χ0n) is 17.2. The average molecular weight is 470 g/mol. The van der Waals surface area contributed by atoms with Gasteiger partial charge in [0.15, 0.2) is 0 Å². The lowest BCUT2D eigenvalue weighted by Crippen LogP contribution is -2.31. The lowest BCUT2D eigenvalue weighted by Gasteiger charge is -2.15. The SMILES string of the molecule is O[C@@H](CNCCc1c[nH]c2cc(F)ccc12)Cn1c2ccc(Cl)cc2c2cc(Cl)ccc21. The second-order valence-corrected chi connectivity index (χ2v) is 8.92. The minimum atomic E-state index is -0.572. The van der Waals surface area contributed by atoms with E-state index in [0.29, 0.717) is 29.7 Å². The second kappa shape index (κ2) is 8.75. The van der Waals surface area contributed by atoms with Crippen LogP contribution in [0.15, 0.2) is 60.8 Å². The van der Waals surface area contributed by atoms with Crippen molar-refractivity contribution in [1.29, 1.82) is 0 Å². The highest BCUT2D eigenvalue weighted by atomic mass is 35.5. The topological polar surface area (TPSA) is 53.0 Å². The number of hydrogen-bond acceptors (Lipinski definition) is 2. The van der Waals surface area contributed by atoms with Gasteiger partial charge in [-0.1, -0.05) is 23.2 Å². The highest BCUT2D eigenvalue weighted by molar-refractivity contribution is 6.33. The number of nitrogens with one attached hydrogen (secondary N) is 2. The molecule has 0 spiro atoms. The van der Waals surface area contributed by atoms with E-state index in [0.717, 1.165) is 44.7 Å². The summed E-state index contributed by atoms with van der Waals surface area (Å²) in [5.74, 6) is -0.248. The molecule has 0 saturated heterocycles. The van der Waals surface area contributed by atoms with Crippen LogP contribution < -0.4 is 5.32 Å². The highest BCUT2D eigenvalue weighted by Crippen LogP contribution is 2.33. The van der Waals surface area contributed by atoms with Crippen LogP contribution in [0.1, 0.15) is 5.56 Å². The minimum absolute atomic E-state index is 0.248. The van der Waals surface area contributed by atoms with Crippen molar-refractivity contribution < 1.29 is 9.50 Å². The maximum absolute atomic E-state index is 13.4. The third kappa shape index (κ3) is 4.09. The summed E-state index contributed by atoms with van der Waals surface area (Å²) < 4.78 is 15.5. The molecule has 0 fully saturated rings. The van der Waals surface area contributed by atoms with Crippen molar-refractivity contribution in [2.24, 2.45) is 0 Å². The molecule has 3 N–H and O–H groups in total. The molecule has 0 aliphatic carbocycles. The number of nitrogens with zero attached hydrogens (tertiary/aromatic N) is 1. The van der Waals surface area contributed by atoms with Gasteiger partial charge >= 0.3 is 0 Å². The van der Waals surface area contributed by atoms with Gasteiger partial charge < -0.3 is 20.0 Å². The van der Waals surface area contributed by atoms with Crippen LogP contribution in [-0.2, 0) is 13.0 Å². The van der Waals surface area contributed by atoms with Crippen molar-refractivity contribution in [2.75, 3.05) is 13.1 Å². The first kappa shape index (κ1) is 21.3. The predicted molar refractivity (Wildman–Crippen MR) is 130 cm³/mol. The fourth-order valence-corrected chi connectivity index (χ4v) is 4.72. The summed E-state index contributed by atoms with van der Waals surface area (Å²) in [6, 6.07) is 16.3. The molecule has 3 aromatic carbocycles. The summed E-state index contributed by atoms with van der Waals surface area (Å²) in [6.45, 7) is 1.61. The molecule has 0 bridgehead atoms. The first-order valence-electron chi connectivity index (χ1n) is 10.5. The lowest BCUT2D eigenvalue weighted by atomic mass is 10.1. The molecule has 2 aromatic heterocycles. The van der Waals surface area contributed by atoms with Crippen molar-refractivity contribution in [3.8, 4) is 0 Å². The van der Waals surface area contributed by atoms with Gasteiger partial charge in [-0.05, 0) is 73.1 Å². The fourth-order valence-electron chi connectivity index (χ4n) is 4.38. The van der Waals surface area contributed by atoms with Crippen molar-refractivity contribution in [3.63, 3.8) is 0 Å². The fraction of sp³-hybridized carbons (Fsp3) is 0.200. The van der Waals surface area contributed by atoms with Crippen LogP contribution in [0.25, 0.3) is 32.7 Å². The summed E-state index contributed by atoms with van der Waals surface area (Å²) in [6.07, 6.45) is 2.12. The predicted octanol–water partition coefficient (Wildman–Crippen LogP) is 5.91. The van der Waals surface area contributed by atoms with Crippen LogP contribution in [0.4, 0.5) is 4.39 Å². The van der Waals surface area contributed by atoms with Crippen LogP contribution in [0.5, 0.6) is 0 Å². The zero-order valence-corrected chi connectivity index (χ0v) is 18.7. The summed E-state index contributed by atoms with van der Waals surface area (Å²) in [5, 5.41) is 18.5. The standard InChI is InChI=1S/C25H22Cl2FN3O/c26-16-1-5-24-21(9-16)22-10-17(27)2-6-25(22)31(24)14-19(32)13-29-8-7-15-12-30-23-11-18(28)3-4-20(15)23/h1-6,9-12,19,29-30,32H,7-8,13-14H2/t19-/m0/s1. The number of rotatable bonds is 7. The van der Waals surface area contributed by atoms with Gasteiger partial charge in [0.05, 0.1) is 12.6 Å². The minimum Gasteiger partial charge on any atom is -0.390 e. The Morgan fingerprint density at radius 2 is 1.62 bits per heavy atom. The molecule has 32 heavy (non-hydrogen) atoms. The average Bonchev–Trinajstić information content (AvgIpc) is 3.29. The number of aliphatic hydroxyl groups is 1. The molecule has 4 nitrogen and oxygen atoms in total. The number of aliphatic hydroxyl groups excluding tert-OH is 1. The van der Waals surface area contributed by atoms with Crippen molar-refractivity contribution in [3.05, 3.63) is 82.2 Å². The molecule has 1 atom stereocenters. The largest absolute Gasteiger partial charge is 0.390 e. The van der Waals surface area contributed by atoms with E-state index in [2.05, 4.69) is 14.9 Å². The van der Waals surface area contributed by atoms with Crippen LogP contribution in [0.2, 0.25) is 10.0 Å². The van der Waals surface area contributed by atoms with E-state index in [9.17, 15) is 9.50 Å². The first-order valence-corrected chi connectivity index (χ1v) is 11.3. The Morgan fingerprint density at radius 1 is 0.938 bits per heavy atom. The maximum Gasteiger partial charge on any atom is 0.125 e. The van der Waals surface area contributed by atoms with Crippen molar-refractivity contribution in [1.82, 2.24) is 14.9 Å². The molecule has 0 unspecified atom stereocenters. The molecule has 0 radical (unpaired) electrons. The molecule has 7 heteroatoms. The van der Waals surface area contributed by atoms with E-state index in [-0.39, 0.29) is 5.82 Å². The molecule has 2 heterocycles. The molecule has 5 rings (SSSR count). The zero-order chi connectivity index (χ0) is 22.2. The Labute approximate surface area is 194 Å². The van der Waals surface area contributed by atoms with Crippen molar-refractivity contribution in [2.45, 2.75) is 19.1 Å². The molecule has 0 aliphatic rings. The molecule has 0 saturated carbocycles. The number of benzene rings is 3. The van der Waals surface area contributed by atoms with E-state index in [4.69, 9.17) is 23.2 Å². The van der Waals surface area contributed by atoms with E-state index in [1.165, 1.54) is 12.1 Å². The number of H-pyrrole nitrogens is 1. The number of aromatic amines is 1. The Hall–Kier alpha value is -2.57. The first-order chi connectivity index (χ1) is 15.5. The molecular formula is C25H22Cl2FN3O. The second-order valence-electron chi connectivity index (χ2n) is 8.05. The Bertz CT molecular complexity index is 1370. The highest BCUT2D eigenvalue weighted by Gasteiger charge is 2.15. The molecular weight excluding hydrogens is 448 g/mol. The monoisotopic (exact) mass is 469 g/mol. The Morgan fingerprint density at radius 3 is 2.31 bits per heavy atom. The normalized spacial score (nSPS) is 12.9. The van der Waals surface area contributed by atoms with Gasteiger partial charge in [-0.25, -0.2) is 4.39 Å². The molecule has 0 amide bonds. The summed E-state index contributed by atoms with van der Waals surface area (Å²) >= 11 is 12.4. The number of fused-ring (bicyclic) bond motifs is 4. The third-order valence-corrected chi connectivity index (χ3v) is 6.33.